The predicted octanol–water partition coefficient (Wildman–Crippen LogP) is 3.88. The third-order valence-corrected chi connectivity index (χ3v) is 5.41. The van der Waals surface area contributed by atoms with Gasteiger partial charge in [0.1, 0.15) is 23.1 Å². The first kappa shape index (κ1) is 21.9. The van der Waals surface area contributed by atoms with Gasteiger partial charge in [0.15, 0.2) is 0 Å². The summed E-state index contributed by atoms with van der Waals surface area (Å²) in [4.78, 5) is 18.8. The van der Waals surface area contributed by atoms with E-state index in [0.717, 1.165) is 24.1 Å². The van der Waals surface area contributed by atoms with Crippen molar-refractivity contribution in [2.45, 2.75) is 19.4 Å². The van der Waals surface area contributed by atoms with Gasteiger partial charge < -0.3 is 19.5 Å². The number of pyridine rings is 1. The highest BCUT2D eigenvalue weighted by Crippen LogP contribution is 2.41. The van der Waals surface area contributed by atoms with Crippen molar-refractivity contribution in [1.82, 2.24) is 9.88 Å². The van der Waals surface area contributed by atoms with E-state index in [-0.39, 0.29) is 11.9 Å². The molecule has 8 heteroatoms. The Balaban J connectivity index is 1.73. The van der Waals surface area contributed by atoms with Gasteiger partial charge in [0.25, 0.3) is 0 Å². The van der Waals surface area contributed by atoms with Gasteiger partial charge in [0.2, 0.25) is 5.91 Å². The van der Waals surface area contributed by atoms with Crippen LogP contribution in [0.2, 0.25) is 5.02 Å². The molecule has 1 aliphatic heterocycles. The second-order valence-corrected chi connectivity index (χ2v) is 7.34. The van der Waals surface area contributed by atoms with Crippen molar-refractivity contribution < 1.29 is 19.0 Å². The zero-order valence-electron chi connectivity index (χ0n) is 17.6. The topological polar surface area (TPSA) is 72.9 Å². The van der Waals surface area contributed by atoms with Crippen molar-refractivity contribution in [2.24, 2.45) is 0 Å². The van der Waals surface area contributed by atoms with E-state index in [1.807, 2.05) is 19.1 Å². The third-order valence-electron chi connectivity index (χ3n) is 5.18. The van der Waals surface area contributed by atoms with E-state index in [1.54, 1.807) is 33.5 Å². The van der Waals surface area contributed by atoms with Gasteiger partial charge in [0.05, 0.1) is 38.0 Å². The lowest BCUT2D eigenvalue weighted by Gasteiger charge is -2.31. The Morgan fingerprint density at radius 3 is 2.37 bits per heavy atom. The van der Waals surface area contributed by atoms with Gasteiger partial charge in [-0.3, -0.25) is 9.69 Å². The van der Waals surface area contributed by atoms with E-state index < -0.39 is 0 Å². The molecule has 1 amide bonds. The molecular weight excluding hydrogens is 406 g/mol. The maximum Gasteiger partial charge on any atom is 0.242 e. The number of halogens is 1. The fourth-order valence-corrected chi connectivity index (χ4v) is 3.54. The van der Waals surface area contributed by atoms with Crippen molar-refractivity contribution in [3.63, 3.8) is 0 Å². The molecule has 0 fully saturated rings. The molecule has 0 spiro atoms. The SMILES string of the molecule is COc1cc(OC)c(C2=CCN([C@H](C)C(=O)Nc3ccc(Cl)cn3)CC2)c(OC)c1. The zero-order valence-corrected chi connectivity index (χ0v) is 18.3. The van der Waals surface area contributed by atoms with Crippen molar-refractivity contribution >= 4 is 28.9 Å². The zero-order chi connectivity index (χ0) is 21.7. The molecule has 1 atom stereocenters. The van der Waals surface area contributed by atoms with Crippen LogP contribution in [0, 0.1) is 0 Å². The molecule has 1 aromatic carbocycles. The van der Waals surface area contributed by atoms with E-state index in [2.05, 4.69) is 21.3 Å². The normalized spacial score (nSPS) is 15.2. The molecule has 0 aliphatic carbocycles. The van der Waals surface area contributed by atoms with Crippen molar-refractivity contribution in [1.29, 1.82) is 0 Å². The lowest BCUT2D eigenvalue weighted by atomic mass is 9.96. The summed E-state index contributed by atoms with van der Waals surface area (Å²) in [5.74, 6) is 2.45. The second kappa shape index (κ2) is 9.82. The van der Waals surface area contributed by atoms with Crippen LogP contribution in [0.5, 0.6) is 17.2 Å². The number of rotatable bonds is 7. The van der Waals surface area contributed by atoms with Crippen LogP contribution in [0.1, 0.15) is 18.9 Å². The Morgan fingerprint density at radius 1 is 1.17 bits per heavy atom. The molecule has 1 aliphatic rings. The van der Waals surface area contributed by atoms with E-state index in [0.29, 0.717) is 34.6 Å². The number of ether oxygens (including phenoxy) is 3. The fourth-order valence-electron chi connectivity index (χ4n) is 3.43. The van der Waals surface area contributed by atoms with Crippen molar-refractivity contribution in [3.8, 4) is 17.2 Å². The smallest absolute Gasteiger partial charge is 0.242 e. The highest BCUT2D eigenvalue weighted by Gasteiger charge is 2.26. The molecule has 0 saturated carbocycles. The average Bonchev–Trinajstić information content (AvgIpc) is 2.79. The van der Waals surface area contributed by atoms with Gasteiger partial charge in [-0.25, -0.2) is 4.98 Å². The second-order valence-electron chi connectivity index (χ2n) is 6.91. The maximum atomic E-state index is 12.6. The minimum absolute atomic E-state index is 0.110. The first-order valence-corrected chi connectivity index (χ1v) is 10.0. The van der Waals surface area contributed by atoms with Gasteiger partial charge in [-0.15, -0.1) is 0 Å². The number of nitrogens with one attached hydrogen (secondary N) is 1. The highest BCUT2D eigenvalue weighted by atomic mass is 35.5. The van der Waals surface area contributed by atoms with E-state index >= 15 is 0 Å². The fraction of sp³-hybridized carbons (Fsp3) is 0.364. The quantitative estimate of drug-likeness (QED) is 0.717. The van der Waals surface area contributed by atoms with Crippen LogP contribution in [0.3, 0.4) is 0 Å². The molecule has 1 N–H and O–H groups in total. The molecule has 0 bridgehead atoms. The number of nitrogens with zero attached hydrogens (tertiary/aromatic N) is 2. The Labute approximate surface area is 181 Å². The van der Waals surface area contributed by atoms with Crippen LogP contribution in [0.4, 0.5) is 5.82 Å². The average molecular weight is 432 g/mol. The first-order chi connectivity index (χ1) is 14.5. The van der Waals surface area contributed by atoms with E-state index in [4.69, 9.17) is 25.8 Å². The molecule has 2 heterocycles. The van der Waals surface area contributed by atoms with Gasteiger partial charge in [-0.05, 0) is 31.1 Å². The number of benzene rings is 1. The molecule has 0 unspecified atom stereocenters. The summed E-state index contributed by atoms with van der Waals surface area (Å²) >= 11 is 5.84. The summed E-state index contributed by atoms with van der Waals surface area (Å²) in [6.07, 6.45) is 4.38. The number of amides is 1. The lowest BCUT2D eigenvalue weighted by Crippen LogP contribution is -2.44. The highest BCUT2D eigenvalue weighted by molar-refractivity contribution is 6.30. The largest absolute Gasteiger partial charge is 0.496 e. The minimum Gasteiger partial charge on any atom is -0.496 e. The number of aromatic nitrogens is 1. The number of methoxy groups -OCH3 is 3. The molecule has 30 heavy (non-hydrogen) atoms. The van der Waals surface area contributed by atoms with Crippen LogP contribution in [-0.2, 0) is 4.79 Å². The molecule has 0 radical (unpaired) electrons. The summed E-state index contributed by atoms with van der Waals surface area (Å²) in [6.45, 7) is 3.25. The Kier molecular flexibility index (Phi) is 7.18. The molecule has 1 aromatic heterocycles. The number of hydrogen-bond donors (Lipinski definition) is 1. The minimum atomic E-state index is -0.306. The number of hydrogen-bond acceptors (Lipinski definition) is 6. The molecule has 7 nitrogen and oxygen atoms in total. The maximum absolute atomic E-state index is 12.6. The molecule has 2 aromatic rings. The number of carbonyl (C=O) groups excluding carboxylic acids is 1. The van der Waals surface area contributed by atoms with E-state index in [9.17, 15) is 4.79 Å². The summed E-state index contributed by atoms with van der Waals surface area (Å²) in [7, 11) is 4.87. The van der Waals surface area contributed by atoms with Gasteiger partial charge in [-0.2, -0.15) is 0 Å². The van der Waals surface area contributed by atoms with Crippen LogP contribution >= 0.6 is 11.6 Å². The molecule has 3 rings (SSSR count). The van der Waals surface area contributed by atoms with Gasteiger partial charge >= 0.3 is 0 Å². The van der Waals surface area contributed by atoms with Crippen LogP contribution in [0.15, 0.2) is 36.5 Å². The summed E-state index contributed by atoms with van der Waals surface area (Å²) < 4.78 is 16.5. The van der Waals surface area contributed by atoms with Gasteiger partial charge in [-0.1, -0.05) is 17.7 Å². The Morgan fingerprint density at radius 2 is 1.87 bits per heavy atom. The van der Waals surface area contributed by atoms with Crippen molar-refractivity contribution in [3.05, 3.63) is 47.1 Å². The molecule has 160 valence electrons. The Bertz CT molecular complexity index is 905. The summed E-state index contributed by atoms with van der Waals surface area (Å²) in [6, 6.07) is 6.77. The lowest BCUT2D eigenvalue weighted by molar-refractivity contribution is -0.120. The molecular formula is C22H26ClN3O4. The van der Waals surface area contributed by atoms with Crippen LogP contribution < -0.4 is 19.5 Å². The molecule has 0 saturated heterocycles. The van der Waals surface area contributed by atoms with E-state index in [1.165, 1.54) is 6.20 Å². The number of carbonyl (C=O) groups is 1. The number of anilines is 1. The van der Waals surface area contributed by atoms with Crippen molar-refractivity contribution in [2.75, 3.05) is 39.7 Å². The van der Waals surface area contributed by atoms with Crippen LogP contribution in [-0.4, -0.2) is 56.3 Å². The summed E-state index contributed by atoms with van der Waals surface area (Å²) in [5.41, 5.74) is 2.04. The first-order valence-electron chi connectivity index (χ1n) is 9.62. The predicted molar refractivity (Wildman–Crippen MR) is 118 cm³/mol. The van der Waals surface area contributed by atoms with Crippen LogP contribution in [0.25, 0.3) is 5.57 Å². The summed E-state index contributed by atoms with van der Waals surface area (Å²) in [5, 5.41) is 3.36. The standard InChI is InChI=1S/C22H26ClN3O4/c1-14(22(27)25-20-6-5-16(23)13-24-20)26-9-7-15(8-10-26)21-18(29-3)11-17(28-2)12-19(21)30-4/h5-7,11-14H,8-10H2,1-4H3,(H,24,25,27)/t14-/m1/s1. The third kappa shape index (κ3) is 4.86. The Hall–Kier alpha value is -2.77. The van der Waals surface area contributed by atoms with Gasteiger partial charge in [0, 0.05) is 31.4 Å². The monoisotopic (exact) mass is 431 g/mol.